The molecule has 2 amide bonds. The SMILES string of the molecule is CCOc1ccccc1C(=O)NCCCC(=O)Nc1cc([N+](=O)[O-])ccc1F. The summed E-state index contributed by atoms with van der Waals surface area (Å²) >= 11 is 0. The maximum absolute atomic E-state index is 13.7. The summed E-state index contributed by atoms with van der Waals surface area (Å²) in [4.78, 5) is 34.2. The van der Waals surface area contributed by atoms with Gasteiger partial charge in [-0.25, -0.2) is 4.39 Å². The number of nitrogens with zero attached hydrogens (tertiary/aromatic N) is 1. The molecule has 148 valence electrons. The molecule has 0 heterocycles. The van der Waals surface area contributed by atoms with Crippen molar-refractivity contribution in [3.63, 3.8) is 0 Å². The first-order chi connectivity index (χ1) is 13.4. The van der Waals surface area contributed by atoms with Crippen molar-refractivity contribution >= 4 is 23.2 Å². The molecule has 2 aromatic rings. The van der Waals surface area contributed by atoms with Gasteiger partial charge in [-0.1, -0.05) is 12.1 Å². The van der Waals surface area contributed by atoms with E-state index in [2.05, 4.69) is 10.6 Å². The van der Waals surface area contributed by atoms with Crippen LogP contribution in [0.5, 0.6) is 5.75 Å². The molecule has 0 atom stereocenters. The van der Waals surface area contributed by atoms with E-state index in [-0.39, 0.29) is 30.2 Å². The van der Waals surface area contributed by atoms with Crippen LogP contribution in [0.1, 0.15) is 30.1 Å². The maximum Gasteiger partial charge on any atom is 0.271 e. The highest BCUT2D eigenvalue weighted by molar-refractivity contribution is 5.97. The molecule has 0 saturated heterocycles. The number of hydrogen-bond acceptors (Lipinski definition) is 5. The Morgan fingerprint density at radius 1 is 1.21 bits per heavy atom. The number of nitrogens with one attached hydrogen (secondary N) is 2. The molecule has 0 aliphatic rings. The number of amides is 2. The van der Waals surface area contributed by atoms with Gasteiger partial charge in [-0.05, 0) is 31.5 Å². The van der Waals surface area contributed by atoms with Crippen LogP contribution in [0.15, 0.2) is 42.5 Å². The Bertz CT molecular complexity index is 872. The van der Waals surface area contributed by atoms with Crippen molar-refractivity contribution in [1.82, 2.24) is 5.32 Å². The lowest BCUT2D eigenvalue weighted by atomic mass is 10.2. The molecule has 0 bridgehead atoms. The predicted molar refractivity (Wildman–Crippen MR) is 101 cm³/mol. The number of anilines is 1. The van der Waals surface area contributed by atoms with E-state index >= 15 is 0 Å². The number of ether oxygens (including phenoxy) is 1. The molecule has 9 heteroatoms. The molecular formula is C19H20FN3O5. The van der Waals surface area contributed by atoms with Crippen LogP contribution in [0, 0.1) is 15.9 Å². The lowest BCUT2D eigenvalue weighted by molar-refractivity contribution is -0.384. The number of nitro groups is 1. The Labute approximate surface area is 160 Å². The smallest absolute Gasteiger partial charge is 0.271 e. The molecule has 0 radical (unpaired) electrons. The summed E-state index contributed by atoms with van der Waals surface area (Å²) in [5.41, 5.74) is -0.182. The Morgan fingerprint density at radius 3 is 2.68 bits per heavy atom. The molecule has 0 spiro atoms. The van der Waals surface area contributed by atoms with Crippen LogP contribution in [0.3, 0.4) is 0 Å². The van der Waals surface area contributed by atoms with Gasteiger partial charge in [0.1, 0.15) is 11.6 Å². The molecular weight excluding hydrogens is 369 g/mol. The first kappa shape index (κ1) is 20.8. The highest BCUT2D eigenvalue weighted by Crippen LogP contribution is 2.21. The highest BCUT2D eigenvalue weighted by Gasteiger charge is 2.14. The topological polar surface area (TPSA) is 111 Å². The first-order valence-corrected chi connectivity index (χ1v) is 8.66. The van der Waals surface area contributed by atoms with Gasteiger partial charge in [0.2, 0.25) is 5.91 Å². The molecule has 8 nitrogen and oxygen atoms in total. The van der Waals surface area contributed by atoms with Gasteiger partial charge in [0.05, 0.1) is 22.8 Å². The second-order valence-electron chi connectivity index (χ2n) is 5.76. The number of para-hydroxylation sites is 1. The van der Waals surface area contributed by atoms with Gasteiger partial charge >= 0.3 is 0 Å². The minimum Gasteiger partial charge on any atom is -0.493 e. The van der Waals surface area contributed by atoms with Gasteiger partial charge in [-0.2, -0.15) is 0 Å². The van der Waals surface area contributed by atoms with Crippen molar-refractivity contribution in [2.75, 3.05) is 18.5 Å². The summed E-state index contributed by atoms with van der Waals surface area (Å²) in [7, 11) is 0. The predicted octanol–water partition coefficient (Wildman–Crippen LogP) is 3.28. The Hall–Kier alpha value is -3.49. The fraction of sp³-hybridized carbons (Fsp3) is 0.263. The molecule has 0 fully saturated rings. The van der Waals surface area contributed by atoms with Gasteiger partial charge in [-0.15, -0.1) is 0 Å². The van der Waals surface area contributed by atoms with E-state index in [1.54, 1.807) is 24.3 Å². The fourth-order valence-corrected chi connectivity index (χ4v) is 2.42. The van der Waals surface area contributed by atoms with E-state index in [0.717, 1.165) is 18.2 Å². The fourth-order valence-electron chi connectivity index (χ4n) is 2.42. The Morgan fingerprint density at radius 2 is 1.96 bits per heavy atom. The number of carbonyl (C=O) groups excluding carboxylic acids is 2. The zero-order chi connectivity index (χ0) is 20.5. The standard InChI is InChI=1S/C19H20FN3O5/c1-2-28-17-7-4-3-6-14(17)19(25)21-11-5-8-18(24)22-16-12-13(23(26)27)9-10-15(16)20/h3-4,6-7,9-10,12H,2,5,8,11H2,1H3,(H,21,25)(H,22,24). The number of nitro benzene ring substituents is 1. The molecule has 2 aromatic carbocycles. The van der Waals surface area contributed by atoms with E-state index in [9.17, 15) is 24.1 Å². The number of non-ortho nitro benzene ring substituents is 1. The molecule has 0 aliphatic carbocycles. The van der Waals surface area contributed by atoms with E-state index in [4.69, 9.17) is 4.74 Å². The van der Waals surface area contributed by atoms with Gasteiger partial charge < -0.3 is 15.4 Å². The highest BCUT2D eigenvalue weighted by atomic mass is 19.1. The van der Waals surface area contributed by atoms with Gasteiger partial charge in [0, 0.05) is 25.1 Å². The number of halogens is 1. The summed E-state index contributed by atoms with van der Waals surface area (Å²) in [5, 5.41) is 15.7. The maximum atomic E-state index is 13.7. The van der Waals surface area contributed by atoms with Crippen LogP contribution in [0.2, 0.25) is 0 Å². The van der Waals surface area contributed by atoms with E-state index in [1.165, 1.54) is 0 Å². The lowest BCUT2D eigenvalue weighted by Crippen LogP contribution is -2.26. The molecule has 0 saturated carbocycles. The third kappa shape index (κ3) is 5.76. The monoisotopic (exact) mass is 389 g/mol. The zero-order valence-electron chi connectivity index (χ0n) is 15.2. The van der Waals surface area contributed by atoms with Crippen LogP contribution in [0.4, 0.5) is 15.8 Å². The number of rotatable bonds is 9. The average molecular weight is 389 g/mol. The van der Waals surface area contributed by atoms with E-state index < -0.39 is 16.6 Å². The summed E-state index contributed by atoms with van der Waals surface area (Å²) in [6.45, 7) is 2.47. The van der Waals surface area contributed by atoms with Crippen LogP contribution in [-0.4, -0.2) is 29.9 Å². The largest absolute Gasteiger partial charge is 0.493 e. The van der Waals surface area contributed by atoms with E-state index in [0.29, 0.717) is 24.3 Å². The second kappa shape index (κ2) is 10.0. The van der Waals surface area contributed by atoms with Gasteiger partial charge in [0.15, 0.2) is 0 Å². The third-order valence-electron chi connectivity index (χ3n) is 3.73. The van der Waals surface area contributed by atoms with Crippen molar-refractivity contribution in [3.05, 3.63) is 64.0 Å². The van der Waals surface area contributed by atoms with E-state index in [1.807, 2.05) is 6.92 Å². The zero-order valence-corrected chi connectivity index (χ0v) is 15.2. The second-order valence-corrected chi connectivity index (χ2v) is 5.76. The third-order valence-corrected chi connectivity index (χ3v) is 3.73. The van der Waals surface area contributed by atoms with Crippen LogP contribution >= 0.6 is 0 Å². The minimum atomic E-state index is -0.764. The molecule has 0 aliphatic heterocycles. The van der Waals surface area contributed by atoms with Crippen molar-refractivity contribution in [2.45, 2.75) is 19.8 Å². The molecule has 2 rings (SSSR count). The quantitative estimate of drug-likeness (QED) is 0.388. The van der Waals surface area contributed by atoms with Crippen LogP contribution in [0.25, 0.3) is 0 Å². The molecule has 28 heavy (non-hydrogen) atoms. The van der Waals surface area contributed by atoms with Crippen molar-refractivity contribution in [2.24, 2.45) is 0 Å². The van der Waals surface area contributed by atoms with Gasteiger partial charge in [-0.3, -0.25) is 19.7 Å². The van der Waals surface area contributed by atoms with Crippen molar-refractivity contribution in [3.8, 4) is 5.75 Å². The Kier molecular flexibility index (Phi) is 7.44. The number of hydrogen-bond donors (Lipinski definition) is 2. The number of carbonyl (C=O) groups is 2. The summed E-state index contributed by atoms with van der Waals surface area (Å²) in [6.07, 6.45) is 0.320. The summed E-state index contributed by atoms with van der Waals surface area (Å²) < 4.78 is 19.1. The normalized spacial score (nSPS) is 10.2. The van der Waals surface area contributed by atoms with Gasteiger partial charge in [0.25, 0.3) is 11.6 Å². The first-order valence-electron chi connectivity index (χ1n) is 8.66. The molecule has 0 unspecified atom stereocenters. The van der Waals surface area contributed by atoms with Crippen LogP contribution in [-0.2, 0) is 4.79 Å². The summed E-state index contributed by atoms with van der Waals surface area (Å²) in [5.74, 6) is -1.13. The minimum absolute atomic E-state index is 0.00944. The Balaban J connectivity index is 1.82. The number of benzene rings is 2. The van der Waals surface area contributed by atoms with Crippen molar-refractivity contribution < 1.29 is 23.6 Å². The lowest BCUT2D eigenvalue weighted by Gasteiger charge is -2.10. The molecule has 2 N–H and O–H groups in total. The summed E-state index contributed by atoms with van der Waals surface area (Å²) in [6, 6.07) is 9.71. The molecule has 0 aromatic heterocycles. The average Bonchev–Trinajstić information content (AvgIpc) is 2.67. The van der Waals surface area contributed by atoms with Crippen molar-refractivity contribution in [1.29, 1.82) is 0 Å². The van der Waals surface area contributed by atoms with Crippen LogP contribution < -0.4 is 15.4 Å².